The van der Waals surface area contributed by atoms with Gasteiger partial charge in [0.25, 0.3) is 11.6 Å². The number of benzene rings is 2. The zero-order chi connectivity index (χ0) is 24.1. The van der Waals surface area contributed by atoms with E-state index in [2.05, 4.69) is 15.3 Å². The largest absolute Gasteiger partial charge is 0.539 e. The van der Waals surface area contributed by atoms with Crippen LogP contribution in [0.15, 0.2) is 59.1 Å². The second-order valence-corrected chi connectivity index (χ2v) is 7.49. The van der Waals surface area contributed by atoms with Gasteiger partial charge in [0, 0.05) is 24.4 Å². The third-order valence-electron chi connectivity index (χ3n) is 5.27. The number of nitrogens with zero attached hydrogens (tertiary/aromatic N) is 3. The van der Waals surface area contributed by atoms with Crippen LogP contribution >= 0.6 is 0 Å². The molecular formula is C23H22N4O7. The highest BCUT2D eigenvalue weighted by molar-refractivity contribution is 5.96. The molecule has 4 rings (SSSR count). The fraction of sp³-hybridized carbons (Fsp3) is 0.261. The van der Waals surface area contributed by atoms with Crippen molar-refractivity contribution >= 4 is 23.5 Å². The van der Waals surface area contributed by atoms with Gasteiger partial charge in [-0.1, -0.05) is 18.2 Å². The van der Waals surface area contributed by atoms with Gasteiger partial charge in [0.15, 0.2) is 5.95 Å². The Labute approximate surface area is 194 Å². The van der Waals surface area contributed by atoms with Crippen LogP contribution in [-0.2, 0) is 25.6 Å². The van der Waals surface area contributed by atoms with Crippen LogP contribution in [0, 0.1) is 0 Å². The number of rotatable bonds is 7. The molecule has 1 fully saturated rings. The van der Waals surface area contributed by atoms with Crippen molar-refractivity contribution < 1.29 is 38.2 Å². The van der Waals surface area contributed by atoms with Gasteiger partial charge in [-0.15, -0.1) is 0 Å². The number of amides is 2. The highest BCUT2D eigenvalue weighted by atomic mass is 16.6. The van der Waals surface area contributed by atoms with E-state index < -0.39 is 29.8 Å². The molecule has 1 aliphatic heterocycles. The van der Waals surface area contributed by atoms with Gasteiger partial charge >= 0.3 is 5.97 Å². The molecule has 1 N–H and O–H groups in total. The summed E-state index contributed by atoms with van der Waals surface area (Å²) in [4.78, 5) is 38.4. The molecule has 11 nitrogen and oxygen atoms in total. The number of ether oxygens (including phenoxy) is 2. The van der Waals surface area contributed by atoms with Gasteiger partial charge in [-0.3, -0.25) is 9.59 Å². The monoisotopic (exact) mass is 466 g/mol. The third kappa shape index (κ3) is 5.04. The molecule has 0 spiro atoms. The predicted molar refractivity (Wildman–Crippen MR) is 114 cm³/mol. The first-order chi connectivity index (χ1) is 16.5. The number of morpholine rings is 1. The lowest BCUT2D eigenvalue weighted by Crippen LogP contribution is -2.50. The van der Waals surface area contributed by atoms with Crippen molar-refractivity contribution in [3.8, 4) is 11.6 Å². The van der Waals surface area contributed by atoms with E-state index in [0.717, 1.165) is 0 Å². The normalized spacial score (nSPS) is 15.7. The maximum atomic E-state index is 13.0. The van der Waals surface area contributed by atoms with Crippen molar-refractivity contribution in [1.82, 2.24) is 10.2 Å². The average molecular weight is 466 g/mol. The summed E-state index contributed by atoms with van der Waals surface area (Å²) in [7, 11) is 1.28. The van der Waals surface area contributed by atoms with Gasteiger partial charge in [-0.05, 0) is 28.9 Å². The van der Waals surface area contributed by atoms with E-state index in [9.17, 15) is 19.5 Å². The Kier molecular flexibility index (Phi) is 6.83. The molecule has 34 heavy (non-hydrogen) atoms. The fourth-order valence-electron chi connectivity index (χ4n) is 3.53. The van der Waals surface area contributed by atoms with Crippen LogP contribution < -0.4 is 15.1 Å². The minimum absolute atomic E-state index is 0.0352. The molecule has 1 aliphatic rings. The number of hydrogen-bond donors (Lipinski definition) is 1. The number of anilines is 1. The molecule has 2 amide bonds. The molecule has 2 heterocycles. The first-order valence-electron chi connectivity index (χ1n) is 10.5. The third-order valence-corrected chi connectivity index (χ3v) is 5.27. The van der Waals surface area contributed by atoms with E-state index in [1.807, 2.05) is 6.07 Å². The van der Waals surface area contributed by atoms with E-state index in [0.29, 0.717) is 16.9 Å². The van der Waals surface area contributed by atoms with Gasteiger partial charge in [0.1, 0.15) is 12.6 Å². The van der Waals surface area contributed by atoms with Crippen LogP contribution in [0.3, 0.4) is 0 Å². The first-order valence-corrected chi connectivity index (χ1v) is 10.5. The highest BCUT2D eigenvalue weighted by Crippen LogP contribution is 2.18. The zero-order valence-corrected chi connectivity index (χ0v) is 18.3. The SMILES string of the molecule is COC(=O)c1ccc(NC(=O)CC2OCCN(Cc3c([O-])on[n+]3-c3ccccc3)C2=O)cc1. The van der Waals surface area contributed by atoms with Crippen LogP contribution in [0.25, 0.3) is 5.69 Å². The van der Waals surface area contributed by atoms with Gasteiger partial charge < -0.3 is 29.3 Å². The van der Waals surface area contributed by atoms with Crippen LogP contribution in [-0.4, -0.2) is 54.3 Å². The van der Waals surface area contributed by atoms with Crippen LogP contribution in [0.2, 0.25) is 0 Å². The number of nitrogens with one attached hydrogen (secondary N) is 1. The maximum absolute atomic E-state index is 13.0. The van der Waals surface area contributed by atoms with Crippen molar-refractivity contribution in [1.29, 1.82) is 0 Å². The Morgan fingerprint density at radius 2 is 1.94 bits per heavy atom. The van der Waals surface area contributed by atoms with Crippen molar-refractivity contribution in [3.63, 3.8) is 0 Å². The van der Waals surface area contributed by atoms with Crippen LogP contribution in [0.4, 0.5) is 5.69 Å². The highest BCUT2D eigenvalue weighted by Gasteiger charge is 2.34. The number of esters is 1. The summed E-state index contributed by atoms with van der Waals surface area (Å²) in [5, 5.41) is 18.7. The average Bonchev–Trinajstić information content (AvgIpc) is 3.22. The number of carbonyl (C=O) groups excluding carboxylic acids is 3. The topological polar surface area (TPSA) is 138 Å². The minimum atomic E-state index is -0.997. The molecule has 2 aromatic carbocycles. The molecule has 0 radical (unpaired) electrons. The summed E-state index contributed by atoms with van der Waals surface area (Å²) in [6.45, 7) is 0.431. The van der Waals surface area contributed by atoms with Crippen molar-refractivity contribution in [2.75, 3.05) is 25.6 Å². The standard InChI is InChI=1S/C23H22N4O7/c1-32-22(30)15-7-9-16(10-8-15)24-20(28)13-19-21(29)26(11-12-33-19)14-18-23(31)34-25-27(18)17-5-3-2-4-6-17/h2-10,19H,11-14H2,1H3,(H-,24,25,28,30,31). The number of aromatic nitrogens is 2. The summed E-state index contributed by atoms with van der Waals surface area (Å²) in [6.07, 6.45) is -1.20. The number of methoxy groups -OCH3 is 1. The quantitative estimate of drug-likeness (QED) is 0.394. The molecular weight excluding hydrogens is 444 g/mol. The summed E-state index contributed by atoms with van der Waals surface area (Å²) < 4.78 is 16.3. The predicted octanol–water partition coefficient (Wildman–Crippen LogP) is 0.568. The van der Waals surface area contributed by atoms with Crippen molar-refractivity contribution in [2.45, 2.75) is 19.1 Å². The number of hydrogen-bond acceptors (Lipinski definition) is 8. The Balaban J connectivity index is 1.40. The molecule has 11 heteroatoms. The molecule has 1 atom stereocenters. The van der Waals surface area contributed by atoms with Gasteiger partial charge in [0.2, 0.25) is 11.6 Å². The summed E-state index contributed by atoms with van der Waals surface area (Å²) in [5.74, 6) is -1.97. The van der Waals surface area contributed by atoms with Gasteiger partial charge in [0.05, 0.1) is 31.0 Å². The van der Waals surface area contributed by atoms with Crippen LogP contribution in [0.1, 0.15) is 22.5 Å². The first kappa shape index (κ1) is 22.9. The van der Waals surface area contributed by atoms with Gasteiger partial charge in [-0.25, -0.2) is 4.79 Å². The molecule has 0 bridgehead atoms. The molecule has 176 valence electrons. The molecule has 1 saturated heterocycles. The fourth-order valence-corrected chi connectivity index (χ4v) is 3.53. The molecule has 0 saturated carbocycles. The molecule has 1 unspecified atom stereocenters. The minimum Gasteiger partial charge on any atom is -0.539 e. The van der Waals surface area contributed by atoms with Gasteiger partial charge in [-0.2, -0.15) is 0 Å². The van der Waals surface area contributed by atoms with Crippen LogP contribution in [0.5, 0.6) is 5.95 Å². The number of carbonyl (C=O) groups is 3. The van der Waals surface area contributed by atoms with Crippen molar-refractivity contribution in [3.05, 3.63) is 65.9 Å². The smallest absolute Gasteiger partial charge is 0.337 e. The lowest BCUT2D eigenvalue weighted by Gasteiger charge is -2.31. The lowest BCUT2D eigenvalue weighted by molar-refractivity contribution is -0.678. The Morgan fingerprint density at radius 3 is 2.65 bits per heavy atom. The Morgan fingerprint density at radius 1 is 1.21 bits per heavy atom. The van der Waals surface area contributed by atoms with E-state index >= 15 is 0 Å². The van der Waals surface area contributed by atoms with E-state index in [1.165, 1.54) is 28.8 Å². The maximum Gasteiger partial charge on any atom is 0.337 e. The lowest BCUT2D eigenvalue weighted by atomic mass is 10.1. The van der Waals surface area contributed by atoms with E-state index in [1.54, 1.807) is 36.4 Å². The molecule has 1 aromatic heterocycles. The zero-order valence-electron chi connectivity index (χ0n) is 18.3. The summed E-state index contributed by atoms with van der Waals surface area (Å²) in [6, 6.07) is 15.1. The number of para-hydroxylation sites is 1. The van der Waals surface area contributed by atoms with E-state index in [4.69, 9.17) is 9.26 Å². The van der Waals surface area contributed by atoms with E-state index in [-0.39, 0.29) is 31.8 Å². The Hall–Kier alpha value is -4.25. The summed E-state index contributed by atoms with van der Waals surface area (Å²) >= 11 is 0. The summed E-state index contributed by atoms with van der Waals surface area (Å²) in [5.41, 5.74) is 1.62. The second kappa shape index (κ2) is 10.1. The molecule has 0 aliphatic carbocycles. The van der Waals surface area contributed by atoms with Crippen molar-refractivity contribution in [2.24, 2.45) is 0 Å². The second-order valence-electron chi connectivity index (χ2n) is 7.49. The Bertz CT molecular complexity index is 1180. The molecule has 3 aromatic rings.